The van der Waals surface area contributed by atoms with Gasteiger partial charge in [-0.15, -0.1) is 0 Å². The zero-order chi connectivity index (χ0) is 8.43. The van der Waals surface area contributed by atoms with Gasteiger partial charge in [0.1, 0.15) is 5.82 Å². The Morgan fingerprint density at radius 2 is 2.18 bits per heavy atom. The lowest BCUT2D eigenvalue weighted by Gasteiger charge is -2.01. The van der Waals surface area contributed by atoms with E-state index in [9.17, 15) is 4.39 Å². The van der Waals surface area contributed by atoms with Crippen LogP contribution in [0.3, 0.4) is 0 Å². The Morgan fingerprint density at radius 3 is 2.64 bits per heavy atom. The van der Waals surface area contributed by atoms with Crippen LogP contribution >= 0.6 is 0 Å². The van der Waals surface area contributed by atoms with Gasteiger partial charge in [-0.25, -0.2) is 4.39 Å². The van der Waals surface area contributed by atoms with Crippen LogP contribution in [-0.2, 0) is 0 Å². The van der Waals surface area contributed by atoms with E-state index in [0.717, 1.165) is 12.3 Å². The molecular formula is C6H7BFNO2. The largest absolute Gasteiger partial charge is 0.490 e. The fraction of sp³-hybridized carbons (Fsp3) is 0.167. The van der Waals surface area contributed by atoms with Gasteiger partial charge in [0.25, 0.3) is 0 Å². The molecule has 0 aromatic carbocycles. The van der Waals surface area contributed by atoms with Crippen LogP contribution in [0.2, 0.25) is 0 Å². The molecule has 1 heterocycles. The molecule has 3 nitrogen and oxygen atoms in total. The second-order valence-corrected chi connectivity index (χ2v) is 2.20. The number of hydrogen-bond acceptors (Lipinski definition) is 3. The maximum Gasteiger partial charge on any atom is 0.490 e. The van der Waals surface area contributed by atoms with Crippen LogP contribution in [0.5, 0.6) is 0 Å². The monoisotopic (exact) mass is 155 g/mol. The van der Waals surface area contributed by atoms with Crippen LogP contribution in [0.1, 0.15) is 5.69 Å². The van der Waals surface area contributed by atoms with E-state index in [-0.39, 0.29) is 5.46 Å². The van der Waals surface area contributed by atoms with E-state index in [2.05, 4.69) is 4.98 Å². The summed E-state index contributed by atoms with van der Waals surface area (Å²) < 4.78 is 12.4. The summed E-state index contributed by atoms with van der Waals surface area (Å²) >= 11 is 0. The zero-order valence-corrected chi connectivity index (χ0v) is 5.95. The highest BCUT2D eigenvalue weighted by Crippen LogP contribution is 1.94. The smallest absolute Gasteiger partial charge is 0.423 e. The highest BCUT2D eigenvalue weighted by atomic mass is 19.1. The summed E-state index contributed by atoms with van der Waals surface area (Å²) in [5, 5.41) is 17.4. The lowest BCUT2D eigenvalue weighted by atomic mass is 9.79. The minimum Gasteiger partial charge on any atom is -0.423 e. The molecule has 0 fully saturated rings. The Morgan fingerprint density at radius 1 is 1.55 bits per heavy atom. The van der Waals surface area contributed by atoms with Crippen molar-refractivity contribution in [3.63, 3.8) is 0 Å². The Labute approximate surface area is 63.7 Å². The van der Waals surface area contributed by atoms with Crippen molar-refractivity contribution in [1.82, 2.24) is 4.98 Å². The van der Waals surface area contributed by atoms with Crippen LogP contribution in [-0.4, -0.2) is 22.2 Å². The Hall–Kier alpha value is -0.935. The van der Waals surface area contributed by atoms with Crippen molar-refractivity contribution in [2.45, 2.75) is 6.92 Å². The summed E-state index contributed by atoms with van der Waals surface area (Å²) in [4.78, 5) is 3.60. The minimum absolute atomic E-state index is 0.102. The summed E-state index contributed by atoms with van der Waals surface area (Å²) in [6.07, 6.45) is 1.03. The lowest BCUT2D eigenvalue weighted by Crippen LogP contribution is -2.33. The quantitative estimate of drug-likeness (QED) is 0.522. The molecule has 0 aliphatic rings. The molecule has 1 aromatic rings. The topological polar surface area (TPSA) is 53.4 Å². The molecule has 0 radical (unpaired) electrons. The van der Waals surface area contributed by atoms with Gasteiger partial charge in [0, 0.05) is 11.2 Å². The highest BCUT2D eigenvalue weighted by molar-refractivity contribution is 6.59. The molecule has 58 valence electrons. The molecule has 5 heteroatoms. The Kier molecular flexibility index (Phi) is 2.21. The van der Waals surface area contributed by atoms with Crippen molar-refractivity contribution in [1.29, 1.82) is 0 Å². The van der Waals surface area contributed by atoms with Crippen LogP contribution in [0.15, 0.2) is 12.3 Å². The number of nitrogens with zero attached hydrogens (tertiary/aromatic N) is 1. The first-order valence-corrected chi connectivity index (χ1v) is 3.09. The molecule has 0 spiro atoms. The second-order valence-electron chi connectivity index (χ2n) is 2.20. The summed E-state index contributed by atoms with van der Waals surface area (Å²) in [7, 11) is -1.65. The number of aromatic nitrogens is 1. The van der Waals surface area contributed by atoms with Gasteiger partial charge in [0.05, 0.1) is 6.20 Å². The number of rotatable bonds is 1. The molecule has 0 aliphatic heterocycles. The van der Waals surface area contributed by atoms with Crippen molar-refractivity contribution in [3.05, 3.63) is 23.8 Å². The molecule has 1 aromatic heterocycles. The van der Waals surface area contributed by atoms with Gasteiger partial charge >= 0.3 is 7.12 Å². The normalized spacial score (nSPS) is 9.82. The molecular weight excluding hydrogens is 148 g/mol. The number of pyridine rings is 1. The van der Waals surface area contributed by atoms with Gasteiger partial charge in [-0.05, 0) is 13.0 Å². The Bertz CT molecular complexity index is 267. The van der Waals surface area contributed by atoms with E-state index in [4.69, 9.17) is 10.0 Å². The summed E-state index contributed by atoms with van der Waals surface area (Å²) in [6.45, 7) is 1.58. The first-order valence-electron chi connectivity index (χ1n) is 3.09. The summed E-state index contributed by atoms with van der Waals surface area (Å²) in [5.41, 5.74) is 0.520. The van der Waals surface area contributed by atoms with Crippen LogP contribution in [0, 0.1) is 12.7 Å². The predicted molar refractivity (Wildman–Crippen MR) is 38.8 cm³/mol. The van der Waals surface area contributed by atoms with E-state index >= 15 is 0 Å². The molecule has 0 saturated heterocycles. The number of halogens is 1. The third kappa shape index (κ3) is 1.75. The average molecular weight is 155 g/mol. The maximum atomic E-state index is 12.4. The standard InChI is InChI=1S/C6H7BFNO2/c1-4-6(7(10)11)2-5(8)3-9-4/h2-3,10-11H,1H3. The average Bonchev–Trinajstić information content (AvgIpc) is 1.94. The van der Waals surface area contributed by atoms with Crippen molar-refractivity contribution in [3.8, 4) is 0 Å². The van der Waals surface area contributed by atoms with E-state index in [0.29, 0.717) is 5.69 Å². The van der Waals surface area contributed by atoms with Crippen molar-refractivity contribution in [2.75, 3.05) is 0 Å². The van der Waals surface area contributed by atoms with Crippen molar-refractivity contribution >= 4 is 12.6 Å². The highest BCUT2D eigenvalue weighted by Gasteiger charge is 2.14. The summed E-state index contributed by atoms with van der Waals surface area (Å²) in [6, 6.07) is 1.05. The van der Waals surface area contributed by atoms with Crippen LogP contribution in [0.25, 0.3) is 0 Å². The van der Waals surface area contributed by atoms with Gasteiger partial charge in [-0.3, -0.25) is 4.98 Å². The molecule has 0 saturated carbocycles. The molecule has 0 bridgehead atoms. The van der Waals surface area contributed by atoms with E-state index < -0.39 is 12.9 Å². The summed E-state index contributed by atoms with van der Waals surface area (Å²) in [5.74, 6) is -0.571. The lowest BCUT2D eigenvalue weighted by molar-refractivity contribution is 0.425. The van der Waals surface area contributed by atoms with E-state index in [1.54, 1.807) is 6.92 Å². The number of aryl methyl sites for hydroxylation is 1. The first-order chi connectivity index (χ1) is 5.11. The van der Waals surface area contributed by atoms with Crippen LogP contribution < -0.4 is 5.46 Å². The molecule has 1 rings (SSSR count). The minimum atomic E-state index is -1.65. The first kappa shape index (κ1) is 8.16. The van der Waals surface area contributed by atoms with E-state index in [1.807, 2.05) is 0 Å². The fourth-order valence-corrected chi connectivity index (χ4v) is 0.785. The molecule has 11 heavy (non-hydrogen) atoms. The van der Waals surface area contributed by atoms with Crippen molar-refractivity contribution in [2.24, 2.45) is 0 Å². The third-order valence-corrected chi connectivity index (χ3v) is 1.37. The zero-order valence-electron chi connectivity index (χ0n) is 5.95. The van der Waals surface area contributed by atoms with Gasteiger partial charge in [-0.1, -0.05) is 0 Å². The Balaban J connectivity index is 3.13. The van der Waals surface area contributed by atoms with Gasteiger partial charge in [0.2, 0.25) is 0 Å². The molecule has 0 atom stereocenters. The number of hydrogen-bond donors (Lipinski definition) is 2. The van der Waals surface area contributed by atoms with Gasteiger partial charge in [-0.2, -0.15) is 0 Å². The SMILES string of the molecule is Cc1ncc(F)cc1B(O)O. The third-order valence-electron chi connectivity index (χ3n) is 1.37. The second kappa shape index (κ2) is 2.98. The molecule has 0 aliphatic carbocycles. The maximum absolute atomic E-state index is 12.4. The fourth-order valence-electron chi connectivity index (χ4n) is 0.785. The molecule has 0 amide bonds. The van der Waals surface area contributed by atoms with Crippen molar-refractivity contribution < 1.29 is 14.4 Å². The van der Waals surface area contributed by atoms with Gasteiger partial charge in [0.15, 0.2) is 0 Å². The van der Waals surface area contributed by atoms with Gasteiger partial charge < -0.3 is 10.0 Å². The van der Waals surface area contributed by atoms with Crippen LogP contribution in [0.4, 0.5) is 4.39 Å². The van der Waals surface area contributed by atoms with E-state index in [1.165, 1.54) is 0 Å². The molecule has 2 N–H and O–H groups in total. The predicted octanol–water partition coefficient (Wildman–Crippen LogP) is -0.791. The molecule has 0 unspecified atom stereocenters.